The Morgan fingerprint density at radius 3 is 2.58 bits per heavy atom. The van der Waals surface area contributed by atoms with E-state index in [2.05, 4.69) is 5.32 Å². The summed E-state index contributed by atoms with van der Waals surface area (Å²) < 4.78 is 4.90. The van der Waals surface area contributed by atoms with Gasteiger partial charge in [0.15, 0.2) is 0 Å². The number of carbonyl (C=O) groups excluding carboxylic acids is 1. The Balaban J connectivity index is 1.99. The second kappa shape index (κ2) is 7.60. The number of hydrogen-bond donors (Lipinski definition) is 3. The molecule has 132 valence electrons. The first-order valence-corrected chi connectivity index (χ1v) is 8.30. The number of methoxy groups -OCH3 is 1. The molecule has 0 aliphatic carbocycles. The predicted molar refractivity (Wildman–Crippen MR) is 104 cm³/mol. The molecule has 5 nitrogen and oxygen atoms in total. The summed E-state index contributed by atoms with van der Waals surface area (Å²) in [5, 5.41) is 24.1. The van der Waals surface area contributed by atoms with E-state index in [0.29, 0.717) is 17.6 Å². The summed E-state index contributed by atoms with van der Waals surface area (Å²) in [5.41, 5.74) is 3.60. The summed E-state index contributed by atoms with van der Waals surface area (Å²) in [5.74, 6) is -0.371. The number of hydrogen-bond acceptors (Lipinski definition) is 5. The monoisotopic (exact) mass is 349 g/mol. The lowest BCUT2D eigenvalue weighted by Crippen LogP contribution is -2.33. The predicted octanol–water partition coefficient (Wildman–Crippen LogP) is 2.23. The Morgan fingerprint density at radius 1 is 1.08 bits per heavy atom. The number of aryl methyl sites for hydroxylation is 1. The first kappa shape index (κ1) is 18.0. The number of nitrogens with one attached hydrogen (secondary N) is 1. The maximum atomic E-state index is 12.1. The van der Waals surface area contributed by atoms with Crippen LogP contribution in [0.2, 0.25) is 0 Å². The molecule has 0 fully saturated rings. The summed E-state index contributed by atoms with van der Waals surface area (Å²) in [6.45, 7) is 2.36. The lowest BCUT2D eigenvalue weighted by molar-refractivity contribution is 0.0603. The third kappa shape index (κ3) is 3.56. The molecular formula is C20H20BNO4. The molecule has 6 heteroatoms. The van der Waals surface area contributed by atoms with Gasteiger partial charge in [-0.25, -0.2) is 4.79 Å². The maximum Gasteiger partial charge on any atom is 0.488 e. The van der Waals surface area contributed by atoms with Gasteiger partial charge in [0.1, 0.15) is 0 Å². The molecule has 0 aliphatic rings. The zero-order chi connectivity index (χ0) is 18.7. The van der Waals surface area contributed by atoms with Gasteiger partial charge < -0.3 is 20.1 Å². The van der Waals surface area contributed by atoms with Crippen molar-refractivity contribution in [1.29, 1.82) is 0 Å². The van der Waals surface area contributed by atoms with Crippen LogP contribution in [0.1, 0.15) is 21.5 Å². The molecule has 0 heterocycles. The van der Waals surface area contributed by atoms with E-state index < -0.39 is 7.12 Å². The van der Waals surface area contributed by atoms with Crippen LogP contribution in [0.3, 0.4) is 0 Å². The van der Waals surface area contributed by atoms with Crippen molar-refractivity contribution in [2.24, 2.45) is 0 Å². The molecule has 0 saturated carbocycles. The Labute approximate surface area is 152 Å². The topological polar surface area (TPSA) is 78.8 Å². The van der Waals surface area contributed by atoms with Gasteiger partial charge >= 0.3 is 13.1 Å². The van der Waals surface area contributed by atoms with Crippen molar-refractivity contribution in [3.8, 4) is 0 Å². The van der Waals surface area contributed by atoms with E-state index in [1.807, 2.05) is 49.4 Å². The van der Waals surface area contributed by atoms with Crippen molar-refractivity contribution in [2.75, 3.05) is 12.4 Å². The SMILES string of the molecule is COC(=O)c1cc(C)cc2c(NCc3ccccc3B(O)O)cccc12. The van der Waals surface area contributed by atoms with Crippen LogP contribution in [0.25, 0.3) is 10.8 Å². The van der Waals surface area contributed by atoms with Crippen LogP contribution in [0, 0.1) is 6.92 Å². The lowest BCUT2D eigenvalue weighted by atomic mass is 9.77. The third-order valence-electron chi connectivity index (χ3n) is 4.35. The van der Waals surface area contributed by atoms with Gasteiger partial charge in [-0.2, -0.15) is 0 Å². The van der Waals surface area contributed by atoms with E-state index in [-0.39, 0.29) is 5.97 Å². The highest BCUT2D eigenvalue weighted by atomic mass is 16.5. The maximum absolute atomic E-state index is 12.1. The summed E-state index contributed by atoms with van der Waals surface area (Å²) in [6, 6.07) is 16.7. The molecule has 0 amide bonds. The fourth-order valence-corrected chi connectivity index (χ4v) is 3.10. The molecular weight excluding hydrogens is 329 g/mol. The van der Waals surface area contributed by atoms with Crippen LogP contribution in [-0.2, 0) is 11.3 Å². The quantitative estimate of drug-likeness (QED) is 0.486. The van der Waals surface area contributed by atoms with Crippen LogP contribution in [0.4, 0.5) is 5.69 Å². The number of anilines is 1. The summed E-state index contributed by atoms with van der Waals surface area (Å²) >= 11 is 0. The first-order chi connectivity index (χ1) is 12.5. The van der Waals surface area contributed by atoms with Crippen molar-refractivity contribution in [1.82, 2.24) is 0 Å². The molecule has 0 atom stereocenters. The fraction of sp³-hybridized carbons (Fsp3) is 0.150. The van der Waals surface area contributed by atoms with Crippen molar-refractivity contribution in [3.05, 3.63) is 71.3 Å². The third-order valence-corrected chi connectivity index (χ3v) is 4.35. The molecule has 0 bridgehead atoms. The number of benzene rings is 3. The highest BCUT2D eigenvalue weighted by Gasteiger charge is 2.16. The van der Waals surface area contributed by atoms with E-state index in [1.165, 1.54) is 7.11 Å². The second-order valence-corrected chi connectivity index (χ2v) is 6.13. The van der Waals surface area contributed by atoms with E-state index in [0.717, 1.165) is 27.6 Å². The van der Waals surface area contributed by atoms with Gasteiger partial charge in [0.25, 0.3) is 0 Å². The molecule has 0 saturated heterocycles. The summed E-state index contributed by atoms with van der Waals surface area (Å²) in [4.78, 5) is 12.1. The van der Waals surface area contributed by atoms with Crippen LogP contribution < -0.4 is 10.8 Å². The van der Waals surface area contributed by atoms with Crippen LogP contribution in [-0.4, -0.2) is 30.2 Å². The van der Waals surface area contributed by atoms with Crippen molar-refractivity contribution in [2.45, 2.75) is 13.5 Å². The number of fused-ring (bicyclic) bond motifs is 1. The van der Waals surface area contributed by atoms with Gasteiger partial charge in [-0.3, -0.25) is 0 Å². The van der Waals surface area contributed by atoms with Crippen molar-refractivity contribution in [3.63, 3.8) is 0 Å². The Kier molecular flexibility index (Phi) is 5.25. The van der Waals surface area contributed by atoms with Crippen molar-refractivity contribution < 1.29 is 19.6 Å². The van der Waals surface area contributed by atoms with E-state index in [4.69, 9.17) is 4.74 Å². The molecule has 0 spiro atoms. The van der Waals surface area contributed by atoms with Crippen molar-refractivity contribution >= 4 is 35.0 Å². The van der Waals surface area contributed by atoms with E-state index in [1.54, 1.807) is 12.1 Å². The molecule has 0 aromatic heterocycles. The highest BCUT2D eigenvalue weighted by molar-refractivity contribution is 6.59. The molecule has 3 aromatic rings. The average molecular weight is 349 g/mol. The minimum Gasteiger partial charge on any atom is -0.465 e. The van der Waals surface area contributed by atoms with Gasteiger partial charge in [-0.05, 0) is 47.1 Å². The van der Waals surface area contributed by atoms with Crippen LogP contribution in [0.5, 0.6) is 0 Å². The zero-order valence-electron chi connectivity index (χ0n) is 14.7. The standard InChI is InChI=1S/C20H20BNO4/c1-13-10-16-15(17(11-13)20(23)26-2)7-5-9-19(16)22-12-14-6-3-4-8-18(14)21(24)25/h3-11,22,24-25H,12H2,1-2H3. The minimum atomic E-state index is -1.52. The zero-order valence-corrected chi connectivity index (χ0v) is 14.7. The number of rotatable bonds is 5. The molecule has 0 aliphatic heterocycles. The summed E-state index contributed by atoms with van der Waals surface area (Å²) in [6.07, 6.45) is 0. The lowest BCUT2D eigenvalue weighted by Gasteiger charge is -2.14. The van der Waals surface area contributed by atoms with Gasteiger partial charge in [-0.15, -0.1) is 0 Å². The minimum absolute atomic E-state index is 0.371. The van der Waals surface area contributed by atoms with Gasteiger partial charge in [0.05, 0.1) is 12.7 Å². The Bertz CT molecular complexity index is 956. The normalized spacial score (nSPS) is 10.6. The summed E-state index contributed by atoms with van der Waals surface area (Å²) in [7, 11) is -0.149. The molecule has 0 unspecified atom stereocenters. The Hall–Kier alpha value is -2.83. The average Bonchev–Trinajstić information content (AvgIpc) is 2.65. The van der Waals surface area contributed by atoms with Gasteiger partial charge in [0.2, 0.25) is 0 Å². The number of ether oxygens (including phenoxy) is 1. The first-order valence-electron chi connectivity index (χ1n) is 8.30. The van der Waals surface area contributed by atoms with Crippen LogP contribution >= 0.6 is 0 Å². The second-order valence-electron chi connectivity index (χ2n) is 6.13. The number of esters is 1. The van der Waals surface area contributed by atoms with E-state index >= 15 is 0 Å². The molecule has 26 heavy (non-hydrogen) atoms. The Morgan fingerprint density at radius 2 is 1.85 bits per heavy atom. The smallest absolute Gasteiger partial charge is 0.465 e. The van der Waals surface area contributed by atoms with Gasteiger partial charge in [-0.1, -0.05) is 36.4 Å². The fourth-order valence-electron chi connectivity index (χ4n) is 3.10. The highest BCUT2D eigenvalue weighted by Crippen LogP contribution is 2.28. The van der Waals surface area contributed by atoms with Crippen LogP contribution in [0.15, 0.2) is 54.6 Å². The molecule has 3 N–H and O–H groups in total. The molecule has 3 rings (SSSR count). The van der Waals surface area contributed by atoms with E-state index in [9.17, 15) is 14.8 Å². The van der Waals surface area contributed by atoms with Gasteiger partial charge in [0, 0.05) is 17.6 Å². The largest absolute Gasteiger partial charge is 0.488 e. The molecule has 0 radical (unpaired) electrons. The molecule has 3 aromatic carbocycles. The number of carbonyl (C=O) groups is 1.